The van der Waals surface area contributed by atoms with Crippen LogP contribution in [0.2, 0.25) is 0 Å². The molecule has 2 heteroatoms. The minimum absolute atomic E-state index is 0.362. The van der Waals surface area contributed by atoms with Gasteiger partial charge in [0.2, 0.25) is 0 Å². The van der Waals surface area contributed by atoms with Gasteiger partial charge in [-0.3, -0.25) is 4.79 Å². The number of benzene rings is 1. The lowest BCUT2D eigenvalue weighted by Gasteiger charge is -2.19. The van der Waals surface area contributed by atoms with Crippen LogP contribution in [-0.2, 0) is 4.79 Å². The van der Waals surface area contributed by atoms with Crippen LogP contribution in [0.15, 0.2) is 12.1 Å². The molecule has 19 heavy (non-hydrogen) atoms. The lowest BCUT2D eigenvalue weighted by atomic mass is 9.87. The zero-order valence-electron chi connectivity index (χ0n) is 12.9. The molecule has 0 N–H and O–H groups in total. The fourth-order valence-corrected chi connectivity index (χ4v) is 2.56. The fraction of sp³-hybridized carbons (Fsp3) is 0.588. The molecule has 1 unspecified atom stereocenters. The highest BCUT2D eigenvalue weighted by Crippen LogP contribution is 2.32. The number of carbonyl (C=O) groups excluding carboxylic acids is 1. The van der Waals surface area contributed by atoms with Crippen LogP contribution in [0.25, 0.3) is 0 Å². The van der Waals surface area contributed by atoms with Crippen molar-refractivity contribution in [3.8, 4) is 5.75 Å². The number of hydrogen-bond acceptors (Lipinski definition) is 2. The number of rotatable bonds is 7. The first kappa shape index (κ1) is 15.7. The van der Waals surface area contributed by atoms with Gasteiger partial charge in [0.25, 0.3) is 0 Å². The molecule has 0 amide bonds. The Labute approximate surface area is 117 Å². The van der Waals surface area contributed by atoms with Gasteiger partial charge >= 0.3 is 0 Å². The Bertz CT molecular complexity index is 435. The van der Waals surface area contributed by atoms with Gasteiger partial charge in [-0.05, 0) is 55.4 Å². The zero-order chi connectivity index (χ0) is 14.4. The normalized spacial score (nSPS) is 12.3. The van der Waals surface area contributed by atoms with Crippen LogP contribution in [0, 0.1) is 13.8 Å². The number of hydrogen-bond donors (Lipinski definition) is 0. The van der Waals surface area contributed by atoms with Gasteiger partial charge < -0.3 is 4.74 Å². The summed E-state index contributed by atoms with van der Waals surface area (Å²) in [4.78, 5) is 11.5. The van der Waals surface area contributed by atoms with Crippen molar-refractivity contribution in [2.45, 2.75) is 59.3 Å². The van der Waals surface area contributed by atoms with E-state index in [1.807, 2.05) is 6.92 Å². The van der Waals surface area contributed by atoms with Gasteiger partial charge in [-0.1, -0.05) is 19.9 Å². The molecule has 1 rings (SSSR count). The molecule has 1 atom stereocenters. The molecule has 0 fully saturated rings. The first-order valence-electron chi connectivity index (χ1n) is 7.20. The monoisotopic (exact) mass is 262 g/mol. The highest BCUT2D eigenvalue weighted by molar-refractivity contribution is 5.78. The SMILES string of the molecule is CCC(=O)CCC(CC)c1cc(C)c(OC)cc1C. The van der Waals surface area contributed by atoms with E-state index in [2.05, 4.69) is 32.9 Å². The molecule has 0 saturated carbocycles. The van der Waals surface area contributed by atoms with E-state index >= 15 is 0 Å². The second-order valence-electron chi connectivity index (χ2n) is 5.21. The van der Waals surface area contributed by atoms with Gasteiger partial charge in [-0.15, -0.1) is 0 Å². The third kappa shape index (κ3) is 4.09. The Morgan fingerprint density at radius 1 is 1.21 bits per heavy atom. The molecule has 0 aliphatic rings. The zero-order valence-corrected chi connectivity index (χ0v) is 12.9. The summed E-state index contributed by atoms with van der Waals surface area (Å²) in [7, 11) is 1.71. The summed E-state index contributed by atoms with van der Waals surface area (Å²) in [6.45, 7) is 8.33. The second-order valence-corrected chi connectivity index (χ2v) is 5.21. The highest BCUT2D eigenvalue weighted by atomic mass is 16.5. The van der Waals surface area contributed by atoms with Crippen molar-refractivity contribution in [2.75, 3.05) is 7.11 Å². The molecule has 0 aromatic heterocycles. The topological polar surface area (TPSA) is 26.3 Å². The van der Waals surface area contributed by atoms with Crippen molar-refractivity contribution >= 4 is 5.78 Å². The fourth-order valence-electron chi connectivity index (χ4n) is 2.56. The minimum Gasteiger partial charge on any atom is -0.496 e. The van der Waals surface area contributed by atoms with Crippen LogP contribution in [-0.4, -0.2) is 12.9 Å². The third-order valence-electron chi connectivity index (χ3n) is 3.88. The summed E-state index contributed by atoms with van der Waals surface area (Å²) in [5.41, 5.74) is 3.80. The lowest BCUT2D eigenvalue weighted by molar-refractivity contribution is -0.118. The van der Waals surface area contributed by atoms with Gasteiger partial charge in [0.1, 0.15) is 11.5 Å². The molecule has 0 radical (unpaired) electrons. The first-order chi connectivity index (χ1) is 9.03. The average molecular weight is 262 g/mol. The summed E-state index contributed by atoms with van der Waals surface area (Å²) in [5.74, 6) is 1.78. The molecule has 2 nitrogen and oxygen atoms in total. The van der Waals surface area contributed by atoms with Crippen molar-refractivity contribution in [3.63, 3.8) is 0 Å². The molecule has 0 bridgehead atoms. The third-order valence-corrected chi connectivity index (χ3v) is 3.88. The largest absolute Gasteiger partial charge is 0.496 e. The van der Waals surface area contributed by atoms with Crippen molar-refractivity contribution < 1.29 is 9.53 Å². The van der Waals surface area contributed by atoms with Gasteiger partial charge in [-0.25, -0.2) is 0 Å². The number of Topliss-reactive ketones (excluding diaryl/α,β-unsaturated/α-hetero) is 1. The molecule has 106 valence electrons. The number of aryl methyl sites for hydroxylation is 2. The van der Waals surface area contributed by atoms with Crippen LogP contribution in [0.5, 0.6) is 5.75 Å². The van der Waals surface area contributed by atoms with E-state index in [0.29, 0.717) is 24.5 Å². The minimum atomic E-state index is 0.362. The maximum absolute atomic E-state index is 11.5. The maximum atomic E-state index is 11.5. The molecule has 0 aliphatic carbocycles. The summed E-state index contributed by atoms with van der Waals surface area (Å²) >= 11 is 0. The van der Waals surface area contributed by atoms with Crippen LogP contribution in [0.4, 0.5) is 0 Å². The van der Waals surface area contributed by atoms with E-state index in [-0.39, 0.29) is 0 Å². The van der Waals surface area contributed by atoms with E-state index in [1.165, 1.54) is 16.7 Å². The van der Waals surface area contributed by atoms with E-state index in [1.54, 1.807) is 7.11 Å². The number of ether oxygens (including phenoxy) is 1. The summed E-state index contributed by atoms with van der Waals surface area (Å²) in [6, 6.07) is 4.33. The molecule has 0 saturated heterocycles. The Hall–Kier alpha value is -1.31. The standard InChI is InChI=1S/C17H26O2/c1-6-14(8-9-15(18)7-2)16-10-13(4)17(19-5)11-12(16)3/h10-11,14H,6-9H2,1-5H3. The van der Waals surface area contributed by atoms with Crippen LogP contribution >= 0.6 is 0 Å². The Morgan fingerprint density at radius 3 is 2.42 bits per heavy atom. The number of carbonyl (C=O) groups is 1. The predicted octanol–water partition coefficient (Wildman–Crippen LogP) is 4.56. The van der Waals surface area contributed by atoms with Gasteiger partial charge in [0.05, 0.1) is 7.11 Å². The molecular weight excluding hydrogens is 236 g/mol. The summed E-state index contributed by atoms with van der Waals surface area (Å²) < 4.78 is 5.36. The number of ketones is 1. The Balaban J connectivity index is 2.92. The van der Waals surface area contributed by atoms with Crippen LogP contribution < -0.4 is 4.74 Å². The molecule has 0 aliphatic heterocycles. The first-order valence-corrected chi connectivity index (χ1v) is 7.20. The molecule has 1 aromatic carbocycles. The number of methoxy groups -OCH3 is 1. The van der Waals surface area contributed by atoms with Crippen LogP contribution in [0.1, 0.15) is 62.1 Å². The van der Waals surface area contributed by atoms with Crippen molar-refractivity contribution in [2.24, 2.45) is 0 Å². The van der Waals surface area contributed by atoms with Crippen molar-refractivity contribution in [3.05, 3.63) is 28.8 Å². The van der Waals surface area contributed by atoms with Crippen molar-refractivity contribution in [1.82, 2.24) is 0 Å². The smallest absolute Gasteiger partial charge is 0.132 e. The summed E-state index contributed by atoms with van der Waals surface area (Å²) in [5, 5.41) is 0. The Morgan fingerprint density at radius 2 is 1.89 bits per heavy atom. The maximum Gasteiger partial charge on any atom is 0.132 e. The van der Waals surface area contributed by atoms with E-state index in [0.717, 1.165) is 18.6 Å². The molecule has 1 aromatic rings. The molecule has 0 spiro atoms. The quantitative estimate of drug-likeness (QED) is 0.719. The van der Waals surface area contributed by atoms with E-state index in [4.69, 9.17) is 4.74 Å². The average Bonchev–Trinajstić information content (AvgIpc) is 2.42. The molecular formula is C17H26O2. The van der Waals surface area contributed by atoms with Crippen molar-refractivity contribution in [1.29, 1.82) is 0 Å². The lowest BCUT2D eigenvalue weighted by Crippen LogP contribution is -2.05. The van der Waals surface area contributed by atoms with Gasteiger partial charge in [-0.2, -0.15) is 0 Å². The second kappa shape index (κ2) is 7.32. The van der Waals surface area contributed by atoms with Gasteiger partial charge in [0, 0.05) is 12.8 Å². The van der Waals surface area contributed by atoms with Crippen LogP contribution in [0.3, 0.4) is 0 Å². The van der Waals surface area contributed by atoms with Gasteiger partial charge in [0.15, 0.2) is 0 Å². The Kier molecular flexibility index (Phi) is 6.07. The molecule has 0 heterocycles. The highest BCUT2D eigenvalue weighted by Gasteiger charge is 2.15. The predicted molar refractivity (Wildman–Crippen MR) is 80.0 cm³/mol. The summed E-state index contributed by atoms with van der Waals surface area (Å²) in [6.07, 6.45) is 3.37. The van der Waals surface area contributed by atoms with E-state index in [9.17, 15) is 4.79 Å². The van der Waals surface area contributed by atoms with E-state index < -0.39 is 0 Å².